The third kappa shape index (κ3) is 4.55. The Morgan fingerprint density at radius 2 is 2.33 bits per heavy atom. The van der Waals surface area contributed by atoms with Crippen molar-refractivity contribution < 1.29 is 0 Å². The molecule has 0 spiro atoms. The second-order valence-corrected chi connectivity index (χ2v) is 5.83. The zero-order valence-corrected chi connectivity index (χ0v) is 11.7. The molecule has 1 aromatic rings. The lowest BCUT2D eigenvalue weighted by atomic mass is 10.3. The zero-order chi connectivity index (χ0) is 11.1. The van der Waals surface area contributed by atoms with Crippen molar-refractivity contribution >= 4 is 27.7 Å². The monoisotopic (exact) mass is 291 g/mol. The summed E-state index contributed by atoms with van der Waals surface area (Å²) in [7, 11) is 0. The van der Waals surface area contributed by atoms with Crippen molar-refractivity contribution in [3.63, 3.8) is 0 Å². The van der Waals surface area contributed by atoms with Gasteiger partial charge in [-0.2, -0.15) is 11.8 Å². The van der Waals surface area contributed by atoms with Crippen LogP contribution in [0.25, 0.3) is 0 Å². The van der Waals surface area contributed by atoms with Crippen molar-refractivity contribution in [2.45, 2.75) is 38.1 Å². The van der Waals surface area contributed by atoms with E-state index in [1.54, 1.807) is 0 Å². The topological polar surface area (TPSA) is 30.7 Å². The van der Waals surface area contributed by atoms with E-state index in [0.29, 0.717) is 4.83 Å². The molecule has 0 amide bonds. The van der Waals surface area contributed by atoms with Gasteiger partial charge in [-0.3, -0.25) is 4.68 Å². The van der Waals surface area contributed by atoms with E-state index in [9.17, 15) is 0 Å². The molecule has 0 aromatic carbocycles. The number of alkyl halides is 1. The summed E-state index contributed by atoms with van der Waals surface area (Å²) >= 11 is 5.55. The van der Waals surface area contributed by atoms with Crippen LogP contribution in [-0.4, -0.2) is 26.5 Å². The molecule has 0 fully saturated rings. The van der Waals surface area contributed by atoms with E-state index in [0.717, 1.165) is 18.7 Å². The van der Waals surface area contributed by atoms with Gasteiger partial charge >= 0.3 is 0 Å². The molecule has 0 aliphatic heterocycles. The Bertz CT molecular complexity index is 277. The third-order valence-electron chi connectivity index (χ3n) is 2.12. The van der Waals surface area contributed by atoms with Gasteiger partial charge in [0.15, 0.2) is 0 Å². The quantitative estimate of drug-likeness (QED) is 0.571. The second kappa shape index (κ2) is 7.28. The number of aromatic nitrogens is 3. The molecule has 86 valence electrons. The first-order valence-corrected chi connectivity index (χ1v) is 7.46. The number of rotatable bonds is 7. The van der Waals surface area contributed by atoms with E-state index in [-0.39, 0.29) is 0 Å². The highest BCUT2D eigenvalue weighted by Crippen LogP contribution is 2.23. The van der Waals surface area contributed by atoms with Gasteiger partial charge in [-0.05, 0) is 24.3 Å². The largest absolute Gasteiger partial charge is 0.252 e. The van der Waals surface area contributed by atoms with Crippen LogP contribution in [-0.2, 0) is 6.54 Å². The molecule has 1 aromatic heterocycles. The Kier molecular flexibility index (Phi) is 6.32. The first-order valence-electron chi connectivity index (χ1n) is 5.39. The molecule has 5 heteroatoms. The number of thioether (sulfide) groups is 1. The maximum absolute atomic E-state index is 4.15. The van der Waals surface area contributed by atoms with Gasteiger partial charge in [0.25, 0.3) is 0 Å². The third-order valence-corrected chi connectivity index (χ3v) is 4.22. The normalized spacial score (nSPS) is 13.0. The molecule has 1 unspecified atom stereocenters. The molecule has 3 nitrogen and oxygen atoms in total. The number of aryl methyl sites for hydroxylation is 1. The molecule has 0 N–H and O–H groups in total. The summed E-state index contributed by atoms with van der Waals surface area (Å²) in [6.07, 6.45) is 4.25. The molecule has 0 aliphatic carbocycles. The van der Waals surface area contributed by atoms with Crippen LogP contribution in [0.3, 0.4) is 0 Å². The minimum Gasteiger partial charge on any atom is -0.252 e. The minimum absolute atomic E-state index is 0.344. The van der Waals surface area contributed by atoms with Crippen molar-refractivity contribution in [2.75, 3.05) is 11.5 Å². The fraction of sp³-hybridized carbons (Fsp3) is 0.800. The molecule has 1 rings (SSSR count). The van der Waals surface area contributed by atoms with Crippen molar-refractivity contribution in [3.8, 4) is 0 Å². The fourth-order valence-electron chi connectivity index (χ4n) is 1.25. The van der Waals surface area contributed by atoms with Crippen LogP contribution in [0, 0.1) is 0 Å². The first kappa shape index (κ1) is 13.0. The highest BCUT2D eigenvalue weighted by molar-refractivity contribution is 9.09. The minimum atomic E-state index is 0.344. The smallest absolute Gasteiger partial charge is 0.0963 e. The SMILES string of the molecule is CCSCCCn1cc(C(Br)CC)nn1. The first-order chi connectivity index (χ1) is 7.27. The molecular formula is C10H18BrN3S. The van der Waals surface area contributed by atoms with Gasteiger partial charge in [0.05, 0.1) is 10.5 Å². The van der Waals surface area contributed by atoms with Gasteiger partial charge in [-0.15, -0.1) is 5.10 Å². The predicted octanol–water partition coefficient (Wildman–Crippen LogP) is 3.27. The van der Waals surface area contributed by atoms with Crippen molar-refractivity contribution in [2.24, 2.45) is 0 Å². The number of halogens is 1. The standard InChI is InChI=1S/C10H18BrN3S/c1-3-9(11)10-8-14(13-12-10)6-5-7-15-4-2/h8-9H,3-7H2,1-2H3. The lowest BCUT2D eigenvalue weighted by Crippen LogP contribution is -1.99. The Hall–Kier alpha value is -0.0300. The van der Waals surface area contributed by atoms with Crippen molar-refractivity contribution in [3.05, 3.63) is 11.9 Å². The van der Waals surface area contributed by atoms with E-state index in [1.807, 2.05) is 22.6 Å². The highest BCUT2D eigenvalue weighted by Gasteiger charge is 2.08. The van der Waals surface area contributed by atoms with Crippen LogP contribution in [0.4, 0.5) is 0 Å². The average molecular weight is 292 g/mol. The van der Waals surface area contributed by atoms with Crippen molar-refractivity contribution in [1.82, 2.24) is 15.0 Å². The van der Waals surface area contributed by atoms with Gasteiger partial charge in [-0.1, -0.05) is 35.0 Å². The van der Waals surface area contributed by atoms with E-state index < -0.39 is 0 Å². The lowest BCUT2D eigenvalue weighted by Gasteiger charge is -2.00. The molecule has 0 aliphatic rings. The summed E-state index contributed by atoms with van der Waals surface area (Å²) in [6, 6.07) is 0. The second-order valence-electron chi connectivity index (χ2n) is 3.33. The van der Waals surface area contributed by atoms with Gasteiger partial charge in [0, 0.05) is 12.7 Å². The summed E-state index contributed by atoms with van der Waals surface area (Å²) in [5.41, 5.74) is 1.04. The molecular weight excluding hydrogens is 274 g/mol. The molecule has 1 heterocycles. The Balaban J connectivity index is 2.33. The molecule has 0 saturated heterocycles. The number of nitrogens with zero attached hydrogens (tertiary/aromatic N) is 3. The van der Waals surface area contributed by atoms with Crippen LogP contribution in [0.2, 0.25) is 0 Å². The Labute approximate surface area is 104 Å². The zero-order valence-electron chi connectivity index (χ0n) is 9.32. The summed E-state index contributed by atoms with van der Waals surface area (Å²) < 4.78 is 1.94. The van der Waals surface area contributed by atoms with Crippen LogP contribution >= 0.6 is 27.7 Å². The maximum atomic E-state index is 4.15. The Morgan fingerprint density at radius 3 is 3.00 bits per heavy atom. The lowest BCUT2D eigenvalue weighted by molar-refractivity contribution is 0.581. The van der Waals surface area contributed by atoms with E-state index >= 15 is 0 Å². The Morgan fingerprint density at radius 1 is 1.53 bits per heavy atom. The van der Waals surface area contributed by atoms with Gasteiger partial charge in [0.2, 0.25) is 0 Å². The molecule has 0 saturated carbocycles. The van der Waals surface area contributed by atoms with E-state index in [4.69, 9.17) is 0 Å². The van der Waals surface area contributed by atoms with Gasteiger partial charge < -0.3 is 0 Å². The predicted molar refractivity (Wildman–Crippen MR) is 69.6 cm³/mol. The van der Waals surface area contributed by atoms with Crippen LogP contribution in [0.5, 0.6) is 0 Å². The number of hydrogen-bond donors (Lipinski definition) is 0. The summed E-state index contributed by atoms with van der Waals surface area (Å²) in [4.78, 5) is 0.344. The van der Waals surface area contributed by atoms with E-state index in [2.05, 4.69) is 40.1 Å². The summed E-state index contributed by atoms with van der Waals surface area (Å²) in [5, 5.41) is 8.26. The maximum Gasteiger partial charge on any atom is 0.0963 e. The van der Waals surface area contributed by atoms with Crippen LogP contribution in [0.1, 0.15) is 37.2 Å². The van der Waals surface area contributed by atoms with Crippen LogP contribution in [0.15, 0.2) is 6.20 Å². The average Bonchev–Trinajstić information content (AvgIpc) is 2.72. The fourth-order valence-corrected chi connectivity index (χ4v) is 2.08. The summed E-state index contributed by atoms with van der Waals surface area (Å²) in [5.74, 6) is 2.40. The van der Waals surface area contributed by atoms with E-state index in [1.165, 1.54) is 17.9 Å². The van der Waals surface area contributed by atoms with Crippen molar-refractivity contribution in [1.29, 1.82) is 0 Å². The number of hydrogen-bond acceptors (Lipinski definition) is 3. The molecule has 15 heavy (non-hydrogen) atoms. The van der Waals surface area contributed by atoms with Gasteiger partial charge in [-0.25, -0.2) is 0 Å². The van der Waals surface area contributed by atoms with Crippen LogP contribution < -0.4 is 0 Å². The molecule has 1 atom stereocenters. The highest BCUT2D eigenvalue weighted by atomic mass is 79.9. The summed E-state index contributed by atoms with van der Waals surface area (Å²) in [6.45, 7) is 5.30. The molecule has 0 bridgehead atoms. The van der Waals surface area contributed by atoms with Gasteiger partial charge in [0.1, 0.15) is 0 Å². The molecule has 0 radical (unpaired) electrons.